The summed E-state index contributed by atoms with van der Waals surface area (Å²) in [6.45, 7) is 5.02. The van der Waals surface area contributed by atoms with E-state index >= 15 is 0 Å². The fourth-order valence-electron chi connectivity index (χ4n) is 2.98. The van der Waals surface area contributed by atoms with Crippen LogP contribution in [0.25, 0.3) is 10.9 Å². The van der Waals surface area contributed by atoms with Crippen molar-refractivity contribution in [2.45, 2.75) is 32.5 Å². The van der Waals surface area contributed by atoms with Crippen LogP contribution in [0.15, 0.2) is 33.9 Å². The Balaban J connectivity index is 0.00000208. The third kappa shape index (κ3) is 3.22. The molecule has 0 aliphatic carbocycles. The molecule has 1 amide bonds. The van der Waals surface area contributed by atoms with Gasteiger partial charge >= 0.3 is 5.69 Å². The van der Waals surface area contributed by atoms with Crippen LogP contribution in [-0.4, -0.2) is 45.5 Å². The first-order valence-corrected chi connectivity index (χ1v) is 7.74. The van der Waals surface area contributed by atoms with Gasteiger partial charge in [0.15, 0.2) is 0 Å². The van der Waals surface area contributed by atoms with E-state index < -0.39 is 11.2 Å². The number of aromatic nitrogens is 2. The molecule has 2 unspecified atom stereocenters. The second-order valence-corrected chi connectivity index (χ2v) is 5.94. The van der Waals surface area contributed by atoms with Crippen LogP contribution < -0.4 is 16.6 Å². The van der Waals surface area contributed by atoms with Crippen molar-refractivity contribution in [2.24, 2.45) is 0 Å². The van der Waals surface area contributed by atoms with E-state index in [9.17, 15) is 14.4 Å². The molecule has 2 atom stereocenters. The highest BCUT2D eigenvalue weighted by Crippen LogP contribution is 2.09. The lowest BCUT2D eigenvalue weighted by Crippen LogP contribution is -2.58. The third-order valence-corrected chi connectivity index (χ3v) is 4.54. The van der Waals surface area contributed by atoms with Crippen molar-refractivity contribution in [3.8, 4) is 0 Å². The van der Waals surface area contributed by atoms with E-state index in [1.807, 2.05) is 13.8 Å². The highest BCUT2D eigenvalue weighted by Gasteiger charge is 2.28. The number of amides is 1. The smallest absolute Gasteiger partial charge is 0.329 e. The highest BCUT2D eigenvalue weighted by molar-refractivity contribution is 5.85. The zero-order valence-electron chi connectivity index (χ0n) is 13.6. The van der Waals surface area contributed by atoms with E-state index in [1.54, 1.807) is 29.2 Å². The van der Waals surface area contributed by atoms with E-state index in [0.29, 0.717) is 24.0 Å². The zero-order chi connectivity index (χ0) is 16.6. The average molecular weight is 353 g/mol. The van der Waals surface area contributed by atoms with Gasteiger partial charge in [-0.2, -0.15) is 0 Å². The number of para-hydroxylation sites is 1. The third-order valence-electron chi connectivity index (χ3n) is 4.54. The van der Waals surface area contributed by atoms with Crippen molar-refractivity contribution in [1.29, 1.82) is 0 Å². The Hall–Kier alpha value is -2.12. The number of fused-ring (bicyclic) bond motifs is 1. The van der Waals surface area contributed by atoms with E-state index in [2.05, 4.69) is 10.3 Å². The number of aromatic amines is 1. The minimum absolute atomic E-state index is 0. The van der Waals surface area contributed by atoms with Gasteiger partial charge in [0.05, 0.1) is 10.9 Å². The first kappa shape index (κ1) is 18.2. The van der Waals surface area contributed by atoms with Crippen molar-refractivity contribution in [2.75, 3.05) is 13.1 Å². The molecule has 1 fully saturated rings. The quantitative estimate of drug-likeness (QED) is 0.815. The minimum atomic E-state index is -0.558. The summed E-state index contributed by atoms with van der Waals surface area (Å²) >= 11 is 0. The Bertz CT molecular complexity index is 860. The second kappa shape index (κ2) is 7.19. The van der Waals surface area contributed by atoms with Crippen LogP contribution in [0.3, 0.4) is 0 Å². The molecular formula is C16H21ClN4O3. The fraction of sp³-hybridized carbons (Fsp3) is 0.438. The summed E-state index contributed by atoms with van der Waals surface area (Å²) in [6.07, 6.45) is 0. The number of benzene rings is 1. The van der Waals surface area contributed by atoms with Crippen molar-refractivity contribution < 1.29 is 4.79 Å². The van der Waals surface area contributed by atoms with Crippen LogP contribution in [0.2, 0.25) is 0 Å². The lowest BCUT2D eigenvalue weighted by atomic mass is 10.1. The predicted molar refractivity (Wildman–Crippen MR) is 94.7 cm³/mol. The number of hydrogen-bond acceptors (Lipinski definition) is 4. The molecular weight excluding hydrogens is 332 g/mol. The van der Waals surface area contributed by atoms with Gasteiger partial charge < -0.3 is 15.2 Å². The van der Waals surface area contributed by atoms with Crippen molar-refractivity contribution in [3.05, 3.63) is 45.1 Å². The topological polar surface area (TPSA) is 87.2 Å². The normalized spacial score (nSPS) is 20.7. The van der Waals surface area contributed by atoms with Gasteiger partial charge in [-0.05, 0) is 26.0 Å². The minimum Gasteiger partial charge on any atom is -0.336 e. The summed E-state index contributed by atoms with van der Waals surface area (Å²) in [6, 6.07) is 6.99. The van der Waals surface area contributed by atoms with Gasteiger partial charge in [-0.25, -0.2) is 4.79 Å². The number of carbonyl (C=O) groups excluding carboxylic acids is 1. The van der Waals surface area contributed by atoms with Crippen LogP contribution in [0.4, 0.5) is 0 Å². The molecule has 0 saturated carbocycles. The number of nitrogens with one attached hydrogen (secondary N) is 2. The van der Waals surface area contributed by atoms with E-state index in [0.717, 1.165) is 4.57 Å². The molecule has 0 bridgehead atoms. The average Bonchev–Trinajstić information content (AvgIpc) is 2.54. The zero-order valence-corrected chi connectivity index (χ0v) is 14.4. The monoisotopic (exact) mass is 352 g/mol. The molecule has 2 aromatic rings. The number of piperazine rings is 1. The van der Waals surface area contributed by atoms with E-state index in [-0.39, 0.29) is 36.9 Å². The largest absolute Gasteiger partial charge is 0.336 e. The van der Waals surface area contributed by atoms with Gasteiger partial charge in [0.25, 0.3) is 5.56 Å². The van der Waals surface area contributed by atoms with Crippen LogP contribution in [-0.2, 0) is 11.3 Å². The number of carbonyl (C=O) groups is 1. The molecule has 2 heterocycles. The van der Waals surface area contributed by atoms with Crippen molar-refractivity contribution in [3.63, 3.8) is 0 Å². The number of H-pyrrole nitrogens is 1. The molecule has 24 heavy (non-hydrogen) atoms. The van der Waals surface area contributed by atoms with Gasteiger partial charge in [-0.15, -0.1) is 12.4 Å². The van der Waals surface area contributed by atoms with E-state index in [4.69, 9.17) is 0 Å². The van der Waals surface area contributed by atoms with Crippen LogP contribution in [0.1, 0.15) is 13.8 Å². The molecule has 1 aromatic carbocycles. The Labute approximate surface area is 145 Å². The summed E-state index contributed by atoms with van der Waals surface area (Å²) in [5.41, 5.74) is -0.512. The maximum Gasteiger partial charge on any atom is 0.329 e. The highest BCUT2D eigenvalue weighted by atomic mass is 35.5. The fourth-order valence-corrected chi connectivity index (χ4v) is 2.98. The maximum atomic E-state index is 12.5. The molecule has 1 saturated heterocycles. The number of rotatable bonds is 2. The number of halogens is 1. The van der Waals surface area contributed by atoms with Crippen molar-refractivity contribution >= 4 is 29.2 Å². The first-order chi connectivity index (χ1) is 11.0. The molecule has 7 nitrogen and oxygen atoms in total. The Morgan fingerprint density at radius 2 is 1.96 bits per heavy atom. The molecule has 2 N–H and O–H groups in total. The standard InChI is InChI=1S/C16H20N4O3.ClH/c1-10-11(2)19(8-7-17-10)14(21)9-20-15(22)12-5-3-4-6-13(12)18-16(20)23;/h3-6,10-11,17H,7-9H2,1-2H3,(H,18,23);1H. The lowest BCUT2D eigenvalue weighted by molar-refractivity contribution is -0.135. The number of nitrogens with zero attached hydrogens (tertiary/aromatic N) is 2. The van der Waals surface area contributed by atoms with Gasteiger partial charge in [0.1, 0.15) is 6.54 Å². The lowest BCUT2D eigenvalue weighted by Gasteiger charge is -2.38. The Kier molecular flexibility index (Phi) is 5.46. The van der Waals surface area contributed by atoms with E-state index in [1.165, 1.54) is 0 Å². The molecule has 0 spiro atoms. The van der Waals surface area contributed by atoms with Crippen LogP contribution in [0, 0.1) is 0 Å². The summed E-state index contributed by atoms with van der Waals surface area (Å²) in [5.74, 6) is -0.214. The number of hydrogen-bond donors (Lipinski definition) is 2. The second-order valence-electron chi connectivity index (χ2n) is 5.94. The Morgan fingerprint density at radius 1 is 1.25 bits per heavy atom. The van der Waals surface area contributed by atoms with Gasteiger partial charge in [-0.1, -0.05) is 12.1 Å². The first-order valence-electron chi connectivity index (χ1n) is 7.74. The maximum absolute atomic E-state index is 12.5. The molecule has 1 aliphatic rings. The summed E-state index contributed by atoms with van der Waals surface area (Å²) in [7, 11) is 0. The summed E-state index contributed by atoms with van der Waals surface area (Å²) in [5, 5.41) is 3.70. The SMILES string of the molecule is CC1NCCN(C(=O)Cn2c(=O)[nH]c3ccccc3c2=O)C1C.Cl. The molecule has 1 aromatic heterocycles. The summed E-state index contributed by atoms with van der Waals surface area (Å²) < 4.78 is 0.976. The van der Waals surface area contributed by atoms with Gasteiger partial charge in [0, 0.05) is 25.2 Å². The summed E-state index contributed by atoms with van der Waals surface area (Å²) in [4.78, 5) is 41.5. The van der Waals surface area contributed by atoms with Gasteiger partial charge in [0.2, 0.25) is 5.91 Å². The molecule has 8 heteroatoms. The predicted octanol–water partition coefficient (Wildman–Crippen LogP) is 0.320. The Morgan fingerprint density at radius 3 is 2.71 bits per heavy atom. The molecule has 130 valence electrons. The van der Waals surface area contributed by atoms with Crippen LogP contribution >= 0.6 is 12.4 Å². The molecule has 3 rings (SSSR count). The molecule has 0 radical (unpaired) electrons. The molecule has 1 aliphatic heterocycles. The van der Waals surface area contributed by atoms with Gasteiger partial charge in [-0.3, -0.25) is 14.2 Å². The van der Waals surface area contributed by atoms with Crippen molar-refractivity contribution in [1.82, 2.24) is 19.8 Å². The van der Waals surface area contributed by atoms with Crippen LogP contribution in [0.5, 0.6) is 0 Å².